The van der Waals surface area contributed by atoms with Crippen LogP contribution in [0.25, 0.3) is 10.8 Å². The number of aliphatic hydroxyl groups is 1. The van der Waals surface area contributed by atoms with E-state index in [2.05, 4.69) is 55.3 Å². The van der Waals surface area contributed by atoms with E-state index in [1.165, 1.54) is 13.3 Å². The summed E-state index contributed by atoms with van der Waals surface area (Å²) in [6.45, 7) is 3.94. The van der Waals surface area contributed by atoms with Crippen molar-refractivity contribution < 1.29 is 33.6 Å². The van der Waals surface area contributed by atoms with E-state index in [1.807, 2.05) is 31.2 Å². The molecule has 4 aromatic rings. The predicted octanol–water partition coefficient (Wildman–Crippen LogP) is 6.36. The minimum absolute atomic E-state index is 0.168. The summed E-state index contributed by atoms with van der Waals surface area (Å²) in [6, 6.07) is 21.5. The van der Waals surface area contributed by atoms with Gasteiger partial charge >= 0.3 is 12.0 Å². The SMILES string of the molecule is CCOc1cc([C@H]2NC(=O)NC(C)=C2C(=O)OC)ccc1OC[C@@H](O)N/N=C\c1cc(Cl)c(OCc2cccc3ccccc23)c(Br)c1. The number of methoxy groups -OCH3 is 1. The molecule has 4 N–H and O–H groups in total. The van der Waals surface area contributed by atoms with Gasteiger partial charge in [0.05, 0.1) is 41.0 Å². The van der Waals surface area contributed by atoms with Gasteiger partial charge in [0, 0.05) is 5.70 Å². The Morgan fingerprint density at radius 3 is 2.65 bits per heavy atom. The van der Waals surface area contributed by atoms with Gasteiger partial charge < -0.3 is 34.7 Å². The number of carbonyl (C=O) groups is 2. The first-order valence-corrected chi connectivity index (χ1v) is 16.2. The number of rotatable bonds is 13. The van der Waals surface area contributed by atoms with Crippen LogP contribution in [0.2, 0.25) is 5.02 Å². The first-order chi connectivity index (χ1) is 23.2. The van der Waals surface area contributed by atoms with Crippen molar-refractivity contribution in [3.05, 3.63) is 110 Å². The second-order valence-electron chi connectivity index (χ2n) is 10.7. The zero-order valence-electron chi connectivity index (χ0n) is 26.4. The maximum atomic E-state index is 12.5. The number of benzene rings is 4. The van der Waals surface area contributed by atoms with E-state index in [-0.39, 0.29) is 12.2 Å². The van der Waals surface area contributed by atoms with Crippen LogP contribution in [0.3, 0.4) is 0 Å². The molecular weight excluding hydrogens is 704 g/mol. The fraction of sp³-hybridized carbons (Fsp3) is 0.229. The number of nitrogens with zero attached hydrogens (tertiary/aromatic N) is 1. The van der Waals surface area contributed by atoms with Gasteiger partial charge in [0.25, 0.3) is 0 Å². The number of hydrazone groups is 1. The summed E-state index contributed by atoms with van der Waals surface area (Å²) in [5.41, 5.74) is 5.57. The Kier molecular flexibility index (Phi) is 11.4. The highest BCUT2D eigenvalue weighted by Crippen LogP contribution is 2.36. The number of amides is 2. The first-order valence-electron chi connectivity index (χ1n) is 15.0. The molecule has 0 unspecified atom stereocenters. The van der Waals surface area contributed by atoms with E-state index in [0.717, 1.165) is 16.3 Å². The number of ether oxygens (including phenoxy) is 4. The normalized spacial score (nSPS) is 15.1. The molecule has 1 heterocycles. The molecule has 0 aliphatic carbocycles. The van der Waals surface area contributed by atoms with E-state index in [0.29, 0.717) is 56.8 Å². The van der Waals surface area contributed by atoms with Crippen molar-refractivity contribution >= 4 is 56.5 Å². The Morgan fingerprint density at radius 2 is 1.88 bits per heavy atom. The molecular formula is C35H34BrClN4O7. The Hall–Kier alpha value is -4.78. The van der Waals surface area contributed by atoms with E-state index < -0.39 is 24.3 Å². The van der Waals surface area contributed by atoms with Crippen molar-refractivity contribution in [2.45, 2.75) is 32.7 Å². The number of urea groups is 1. The molecule has 4 aromatic carbocycles. The molecule has 48 heavy (non-hydrogen) atoms. The standard InChI is InChI=1S/C35H34BrClN4O7/c1-4-46-29-16-23(32-31(34(43)45-3)20(2)39-35(44)40-32)12-13-28(29)47-19-30(42)41-38-17-21-14-26(36)33(27(37)15-21)48-18-24-10-7-9-22-8-5-6-11-25(22)24/h5-17,30,32,41-42H,4,18-19H2,1-3H3,(H2,39,40,44)/b38-17-/t30-,32-/m1/s1. The van der Waals surface area contributed by atoms with Crippen molar-refractivity contribution in [2.75, 3.05) is 20.3 Å². The van der Waals surface area contributed by atoms with Crippen LogP contribution in [0.5, 0.6) is 17.2 Å². The van der Waals surface area contributed by atoms with Gasteiger partial charge in [-0.25, -0.2) is 9.59 Å². The molecule has 0 radical (unpaired) electrons. The van der Waals surface area contributed by atoms with Crippen LogP contribution < -0.4 is 30.3 Å². The molecule has 0 aromatic heterocycles. The topological polar surface area (TPSA) is 140 Å². The van der Waals surface area contributed by atoms with Gasteiger partial charge in [-0.05, 0) is 81.5 Å². The smallest absolute Gasteiger partial charge is 0.337 e. The third-order valence-electron chi connectivity index (χ3n) is 7.38. The van der Waals surface area contributed by atoms with Gasteiger partial charge in [0.15, 0.2) is 23.5 Å². The van der Waals surface area contributed by atoms with Crippen LogP contribution in [0, 0.1) is 0 Å². The molecule has 13 heteroatoms. The molecule has 2 amide bonds. The van der Waals surface area contributed by atoms with E-state index in [1.54, 1.807) is 37.3 Å². The predicted molar refractivity (Wildman–Crippen MR) is 186 cm³/mol. The number of carbonyl (C=O) groups excluding carboxylic acids is 2. The van der Waals surface area contributed by atoms with Gasteiger partial charge in [-0.15, -0.1) is 0 Å². The van der Waals surface area contributed by atoms with Crippen molar-refractivity contribution in [2.24, 2.45) is 5.10 Å². The molecule has 250 valence electrons. The molecule has 0 bridgehead atoms. The zero-order valence-corrected chi connectivity index (χ0v) is 28.7. The second-order valence-corrected chi connectivity index (χ2v) is 11.9. The van der Waals surface area contributed by atoms with Crippen LogP contribution in [-0.2, 0) is 16.1 Å². The highest BCUT2D eigenvalue weighted by Gasteiger charge is 2.32. The highest BCUT2D eigenvalue weighted by atomic mass is 79.9. The van der Waals surface area contributed by atoms with Gasteiger partial charge in [-0.3, -0.25) is 5.43 Å². The summed E-state index contributed by atoms with van der Waals surface area (Å²) in [7, 11) is 1.27. The minimum atomic E-state index is -1.17. The summed E-state index contributed by atoms with van der Waals surface area (Å²) < 4.78 is 23.2. The van der Waals surface area contributed by atoms with E-state index >= 15 is 0 Å². The number of nitrogens with one attached hydrogen (secondary N) is 3. The van der Waals surface area contributed by atoms with Crippen molar-refractivity contribution in [1.29, 1.82) is 0 Å². The van der Waals surface area contributed by atoms with E-state index in [9.17, 15) is 14.7 Å². The summed E-state index contributed by atoms with van der Waals surface area (Å²) in [5.74, 6) is 0.645. The lowest BCUT2D eigenvalue weighted by molar-refractivity contribution is -0.136. The van der Waals surface area contributed by atoms with Gasteiger partial charge in [0.2, 0.25) is 0 Å². The molecule has 11 nitrogen and oxygen atoms in total. The number of hydrogen-bond acceptors (Lipinski definition) is 9. The second kappa shape index (κ2) is 15.9. The highest BCUT2D eigenvalue weighted by molar-refractivity contribution is 9.10. The van der Waals surface area contributed by atoms with E-state index in [4.69, 9.17) is 30.5 Å². The van der Waals surface area contributed by atoms with Crippen molar-refractivity contribution in [3.8, 4) is 17.2 Å². The van der Waals surface area contributed by atoms with Gasteiger partial charge in [-0.1, -0.05) is 60.1 Å². The Labute approximate surface area is 291 Å². The molecule has 0 saturated heterocycles. The third kappa shape index (κ3) is 8.19. The summed E-state index contributed by atoms with van der Waals surface area (Å²) in [4.78, 5) is 24.7. The monoisotopic (exact) mass is 736 g/mol. The molecule has 2 atom stereocenters. The fourth-order valence-electron chi connectivity index (χ4n) is 5.18. The maximum Gasteiger partial charge on any atom is 0.337 e. The summed E-state index contributed by atoms with van der Waals surface area (Å²) >= 11 is 10.1. The summed E-state index contributed by atoms with van der Waals surface area (Å²) in [6.07, 6.45) is 0.342. The van der Waals surface area contributed by atoms with Crippen LogP contribution in [0.4, 0.5) is 4.79 Å². The fourth-order valence-corrected chi connectivity index (χ4v) is 6.17. The molecule has 0 saturated carbocycles. The zero-order chi connectivity index (χ0) is 34.2. The van der Waals surface area contributed by atoms with Crippen LogP contribution in [-0.4, -0.2) is 49.9 Å². The average Bonchev–Trinajstić information content (AvgIpc) is 3.07. The van der Waals surface area contributed by atoms with Crippen LogP contribution in [0.1, 0.15) is 36.6 Å². The van der Waals surface area contributed by atoms with Crippen LogP contribution >= 0.6 is 27.5 Å². The minimum Gasteiger partial charge on any atom is -0.490 e. The van der Waals surface area contributed by atoms with Crippen molar-refractivity contribution in [1.82, 2.24) is 16.1 Å². The first kappa shape index (κ1) is 34.6. The molecule has 1 aliphatic heterocycles. The largest absolute Gasteiger partial charge is 0.490 e. The Morgan fingerprint density at radius 1 is 1.08 bits per heavy atom. The number of esters is 1. The third-order valence-corrected chi connectivity index (χ3v) is 8.25. The Balaban J connectivity index is 1.19. The lowest BCUT2D eigenvalue weighted by atomic mass is 9.95. The average molecular weight is 738 g/mol. The van der Waals surface area contributed by atoms with Crippen molar-refractivity contribution in [3.63, 3.8) is 0 Å². The quantitative estimate of drug-likeness (QED) is 0.0539. The number of halogens is 2. The maximum absolute atomic E-state index is 12.5. The lowest BCUT2D eigenvalue weighted by Gasteiger charge is -2.28. The number of allylic oxidation sites excluding steroid dienone is 1. The summed E-state index contributed by atoms with van der Waals surface area (Å²) in [5, 5.41) is 22.6. The van der Waals surface area contributed by atoms with Crippen LogP contribution in [0.15, 0.2) is 93.6 Å². The molecule has 5 rings (SSSR count). The number of fused-ring (bicyclic) bond motifs is 1. The molecule has 1 aliphatic rings. The molecule has 0 fully saturated rings. The Bertz CT molecular complexity index is 1850. The molecule has 0 spiro atoms. The lowest BCUT2D eigenvalue weighted by Crippen LogP contribution is -2.45. The number of aliphatic hydroxyl groups excluding tert-OH is 1. The number of hydrogen-bond donors (Lipinski definition) is 4. The van der Waals surface area contributed by atoms with Gasteiger partial charge in [-0.2, -0.15) is 5.10 Å². The van der Waals surface area contributed by atoms with Gasteiger partial charge in [0.1, 0.15) is 13.2 Å².